The summed E-state index contributed by atoms with van der Waals surface area (Å²) in [5.74, 6) is 1.48. The molecule has 0 aromatic heterocycles. The number of likely N-dealkylation sites (tertiary alicyclic amines) is 1. The van der Waals surface area contributed by atoms with Crippen molar-refractivity contribution in [2.75, 3.05) is 26.2 Å². The Balaban J connectivity index is 1.39. The average Bonchev–Trinajstić information content (AvgIpc) is 2.79. The van der Waals surface area contributed by atoms with Gasteiger partial charge in [-0.25, -0.2) is 0 Å². The smallest absolute Gasteiger partial charge is 0.239 e. The number of carbonyl (C=O) groups is 2. The Morgan fingerprint density at radius 1 is 1.21 bits per heavy atom. The lowest BCUT2D eigenvalue weighted by Crippen LogP contribution is -2.41. The Kier molecular flexibility index (Phi) is 5.56. The Hall–Kier alpha value is -2.24. The predicted molar refractivity (Wildman–Crippen MR) is 89.0 cm³/mol. The zero-order valence-corrected chi connectivity index (χ0v) is 13.8. The summed E-state index contributed by atoms with van der Waals surface area (Å²) in [6.45, 7) is 1.83. The summed E-state index contributed by atoms with van der Waals surface area (Å²) in [7, 11) is 0. The molecule has 0 unspecified atom stereocenters. The molecule has 0 saturated carbocycles. The molecule has 6 heteroatoms. The Labute approximate surface area is 142 Å². The zero-order valence-electron chi connectivity index (χ0n) is 13.8. The van der Waals surface area contributed by atoms with E-state index in [1.165, 1.54) is 0 Å². The van der Waals surface area contributed by atoms with Gasteiger partial charge in [0.15, 0.2) is 11.5 Å². The molecule has 1 aromatic carbocycles. The number of fused-ring (bicyclic) bond motifs is 1. The van der Waals surface area contributed by atoms with E-state index in [1.807, 2.05) is 24.3 Å². The molecule has 3 rings (SSSR count). The van der Waals surface area contributed by atoms with E-state index in [9.17, 15) is 9.59 Å². The van der Waals surface area contributed by atoms with Gasteiger partial charge in [0.25, 0.3) is 0 Å². The summed E-state index contributed by atoms with van der Waals surface area (Å²) in [5.41, 5.74) is 0. The summed E-state index contributed by atoms with van der Waals surface area (Å²) in [6.07, 6.45) is 4.13. The molecule has 1 saturated heterocycles. The van der Waals surface area contributed by atoms with Gasteiger partial charge in [0.1, 0.15) is 12.7 Å². The Morgan fingerprint density at radius 3 is 2.92 bits per heavy atom. The van der Waals surface area contributed by atoms with E-state index in [0.29, 0.717) is 32.5 Å². The highest BCUT2D eigenvalue weighted by Crippen LogP contribution is 2.31. The fourth-order valence-corrected chi connectivity index (χ4v) is 3.01. The van der Waals surface area contributed by atoms with E-state index in [-0.39, 0.29) is 24.5 Å². The fourth-order valence-electron chi connectivity index (χ4n) is 3.01. The molecule has 0 aliphatic carbocycles. The number of nitrogens with zero attached hydrogens (tertiary/aromatic N) is 1. The largest absolute Gasteiger partial charge is 0.486 e. The summed E-state index contributed by atoms with van der Waals surface area (Å²) in [5, 5.41) is 2.87. The second-order valence-corrected chi connectivity index (χ2v) is 6.26. The molecule has 0 bridgehead atoms. The highest BCUT2D eigenvalue weighted by atomic mass is 16.6. The minimum atomic E-state index is -0.109. The first-order valence-electron chi connectivity index (χ1n) is 8.65. The maximum Gasteiger partial charge on any atom is 0.239 e. The number of hydrogen-bond donors (Lipinski definition) is 1. The van der Waals surface area contributed by atoms with Crippen LogP contribution in [0.3, 0.4) is 0 Å². The average molecular weight is 332 g/mol. The molecule has 2 aliphatic rings. The third-order valence-electron chi connectivity index (χ3n) is 4.36. The van der Waals surface area contributed by atoms with Gasteiger partial charge in [-0.3, -0.25) is 9.59 Å². The van der Waals surface area contributed by atoms with Crippen molar-refractivity contribution in [1.82, 2.24) is 10.2 Å². The Bertz CT molecular complexity index is 590. The number of nitrogens with one attached hydrogen (secondary N) is 1. The highest BCUT2D eigenvalue weighted by Gasteiger charge is 2.21. The van der Waals surface area contributed by atoms with Crippen molar-refractivity contribution in [1.29, 1.82) is 0 Å². The molecule has 2 heterocycles. The molecule has 130 valence electrons. The molecule has 0 spiro atoms. The summed E-state index contributed by atoms with van der Waals surface area (Å²) < 4.78 is 11.5. The minimum Gasteiger partial charge on any atom is -0.486 e. The second-order valence-electron chi connectivity index (χ2n) is 6.26. The third-order valence-corrected chi connectivity index (χ3v) is 4.36. The molecular weight excluding hydrogens is 308 g/mol. The number of ether oxygens (including phenoxy) is 2. The van der Waals surface area contributed by atoms with Gasteiger partial charge in [0.05, 0.1) is 6.54 Å². The topological polar surface area (TPSA) is 67.9 Å². The molecule has 2 aliphatic heterocycles. The monoisotopic (exact) mass is 332 g/mol. The van der Waals surface area contributed by atoms with Gasteiger partial charge < -0.3 is 19.7 Å². The lowest BCUT2D eigenvalue weighted by Gasteiger charge is -2.26. The van der Waals surface area contributed by atoms with Gasteiger partial charge in [0, 0.05) is 25.9 Å². The number of hydrogen-bond acceptors (Lipinski definition) is 4. The lowest BCUT2D eigenvalue weighted by atomic mass is 10.2. The van der Waals surface area contributed by atoms with Crippen LogP contribution in [-0.2, 0) is 9.59 Å². The number of para-hydroxylation sites is 2. The molecule has 2 amide bonds. The van der Waals surface area contributed by atoms with E-state index in [1.54, 1.807) is 4.90 Å². The SMILES string of the molecule is O=C(CN1CCCCCC1=O)NCC[C@@H]1COc2ccccc2O1. The summed E-state index contributed by atoms with van der Waals surface area (Å²) in [6, 6.07) is 7.58. The third kappa shape index (κ3) is 4.40. The second kappa shape index (κ2) is 8.04. The molecule has 1 fully saturated rings. The van der Waals surface area contributed by atoms with Crippen LogP contribution in [0.1, 0.15) is 32.1 Å². The van der Waals surface area contributed by atoms with Crippen molar-refractivity contribution < 1.29 is 19.1 Å². The predicted octanol–water partition coefficient (Wildman–Crippen LogP) is 1.74. The minimum absolute atomic E-state index is 0.0694. The normalized spacial score (nSPS) is 20.4. The van der Waals surface area contributed by atoms with Crippen LogP contribution < -0.4 is 14.8 Å². The standard InChI is InChI=1S/C18H24N2O4/c21-17(12-20-11-5-1-2-8-18(20)22)19-10-9-14-13-23-15-6-3-4-7-16(15)24-14/h3-4,6-7,14H,1-2,5,8-13H2,(H,19,21)/t14-/m1/s1. The first-order chi connectivity index (χ1) is 11.7. The van der Waals surface area contributed by atoms with E-state index in [4.69, 9.17) is 9.47 Å². The first kappa shape index (κ1) is 16.6. The van der Waals surface area contributed by atoms with Crippen LogP contribution in [0.2, 0.25) is 0 Å². The van der Waals surface area contributed by atoms with E-state index < -0.39 is 0 Å². The van der Waals surface area contributed by atoms with E-state index in [2.05, 4.69) is 5.32 Å². The Morgan fingerprint density at radius 2 is 2.04 bits per heavy atom. The van der Waals surface area contributed by atoms with Crippen LogP contribution in [0.25, 0.3) is 0 Å². The van der Waals surface area contributed by atoms with Gasteiger partial charge in [-0.05, 0) is 25.0 Å². The van der Waals surface area contributed by atoms with E-state index >= 15 is 0 Å². The summed E-state index contributed by atoms with van der Waals surface area (Å²) in [4.78, 5) is 25.6. The maximum atomic E-state index is 12.0. The van der Waals surface area contributed by atoms with Crippen molar-refractivity contribution in [3.63, 3.8) is 0 Å². The molecule has 6 nitrogen and oxygen atoms in total. The molecule has 1 aromatic rings. The fraction of sp³-hybridized carbons (Fsp3) is 0.556. The molecule has 1 atom stereocenters. The van der Waals surface area contributed by atoms with Crippen molar-refractivity contribution in [2.24, 2.45) is 0 Å². The van der Waals surface area contributed by atoms with E-state index in [0.717, 1.165) is 30.8 Å². The van der Waals surface area contributed by atoms with Gasteiger partial charge >= 0.3 is 0 Å². The van der Waals surface area contributed by atoms with Crippen LogP contribution in [-0.4, -0.2) is 49.1 Å². The summed E-state index contributed by atoms with van der Waals surface area (Å²) >= 11 is 0. The zero-order chi connectivity index (χ0) is 16.8. The maximum absolute atomic E-state index is 12.0. The molecular formula is C18H24N2O4. The van der Waals surface area contributed by atoms with Gasteiger partial charge in [-0.2, -0.15) is 0 Å². The van der Waals surface area contributed by atoms with Crippen LogP contribution >= 0.6 is 0 Å². The first-order valence-corrected chi connectivity index (χ1v) is 8.65. The van der Waals surface area contributed by atoms with Gasteiger partial charge in [-0.1, -0.05) is 18.6 Å². The van der Waals surface area contributed by atoms with Gasteiger partial charge in [0.2, 0.25) is 11.8 Å². The molecule has 1 N–H and O–H groups in total. The molecule has 0 radical (unpaired) electrons. The van der Waals surface area contributed by atoms with Crippen molar-refractivity contribution in [3.05, 3.63) is 24.3 Å². The lowest BCUT2D eigenvalue weighted by molar-refractivity contribution is -0.135. The van der Waals surface area contributed by atoms with Gasteiger partial charge in [-0.15, -0.1) is 0 Å². The van der Waals surface area contributed by atoms with Crippen molar-refractivity contribution >= 4 is 11.8 Å². The van der Waals surface area contributed by atoms with Crippen LogP contribution in [0.4, 0.5) is 0 Å². The number of amides is 2. The quantitative estimate of drug-likeness (QED) is 0.892. The van der Waals surface area contributed by atoms with Crippen LogP contribution in [0, 0.1) is 0 Å². The van der Waals surface area contributed by atoms with Crippen LogP contribution in [0.15, 0.2) is 24.3 Å². The van der Waals surface area contributed by atoms with Crippen LogP contribution in [0.5, 0.6) is 11.5 Å². The molecule has 24 heavy (non-hydrogen) atoms. The number of carbonyl (C=O) groups excluding carboxylic acids is 2. The number of rotatable bonds is 5. The van der Waals surface area contributed by atoms with Crippen molar-refractivity contribution in [3.8, 4) is 11.5 Å². The highest BCUT2D eigenvalue weighted by molar-refractivity contribution is 5.84. The van der Waals surface area contributed by atoms with Crippen molar-refractivity contribution in [2.45, 2.75) is 38.2 Å². The number of benzene rings is 1.